The van der Waals surface area contributed by atoms with E-state index in [1.807, 2.05) is 35.6 Å². The topological polar surface area (TPSA) is 62.7 Å². The number of hydrogen-bond acceptors (Lipinski definition) is 6. The molecule has 0 aliphatic carbocycles. The molecule has 1 aliphatic heterocycles. The second kappa shape index (κ2) is 13.5. The lowest BCUT2D eigenvalue weighted by Gasteiger charge is -2.32. The Labute approximate surface area is 354 Å². The standard InChI is InChI=1S/C55H35N3O2S/c1-2-12-35-29-36(28-23-32(35)11-1)54-56-53(57-55(58-54)43-18-9-17-40-39-13-5-8-22-49(39)61-52(40)43)34-26-24-33(25-27-34)44-30-37(31-48-51(44)42-15-4-7-20-46(42)60-48)38-16-10-21-47-50(38)41-14-3-6-19-45(41)59-47/h1-31,54-55,58H,(H,56,57). The third-order valence-corrected chi connectivity index (χ3v) is 13.6. The molecule has 2 atom stereocenters. The van der Waals surface area contributed by atoms with Crippen LogP contribution >= 0.6 is 11.3 Å². The monoisotopic (exact) mass is 801 g/mol. The van der Waals surface area contributed by atoms with Crippen molar-refractivity contribution in [1.82, 2.24) is 10.6 Å². The van der Waals surface area contributed by atoms with Gasteiger partial charge in [-0.1, -0.05) is 146 Å². The predicted molar refractivity (Wildman–Crippen MR) is 253 cm³/mol. The van der Waals surface area contributed by atoms with Crippen molar-refractivity contribution in [2.45, 2.75) is 12.3 Å². The highest BCUT2D eigenvalue weighted by atomic mass is 32.1. The summed E-state index contributed by atoms with van der Waals surface area (Å²) in [6.07, 6.45) is -0.457. The van der Waals surface area contributed by atoms with Gasteiger partial charge < -0.3 is 14.2 Å². The second-order valence-corrected chi connectivity index (χ2v) is 17.0. The van der Waals surface area contributed by atoms with Crippen molar-refractivity contribution in [3.05, 3.63) is 205 Å². The normalized spacial score (nSPS) is 15.7. The molecule has 12 aromatic rings. The molecule has 0 fully saturated rings. The van der Waals surface area contributed by atoms with E-state index in [2.05, 4.69) is 174 Å². The number of amidine groups is 1. The fraction of sp³-hybridized carbons (Fsp3) is 0.0364. The van der Waals surface area contributed by atoms with Crippen LogP contribution in [0.4, 0.5) is 0 Å². The molecule has 0 spiro atoms. The van der Waals surface area contributed by atoms with Crippen molar-refractivity contribution < 1.29 is 8.83 Å². The lowest BCUT2D eigenvalue weighted by atomic mass is 9.92. The number of benzene rings is 9. The molecule has 13 rings (SSSR count). The zero-order chi connectivity index (χ0) is 40.0. The van der Waals surface area contributed by atoms with Gasteiger partial charge in [-0.3, -0.25) is 5.32 Å². The van der Waals surface area contributed by atoms with Gasteiger partial charge in [-0.15, -0.1) is 11.3 Å². The molecule has 0 saturated heterocycles. The average molecular weight is 802 g/mol. The van der Waals surface area contributed by atoms with Crippen LogP contribution in [0, 0.1) is 0 Å². The first-order valence-electron chi connectivity index (χ1n) is 20.7. The maximum Gasteiger partial charge on any atom is 0.136 e. The van der Waals surface area contributed by atoms with Gasteiger partial charge >= 0.3 is 0 Å². The number of furan rings is 2. The third-order valence-electron chi connectivity index (χ3n) is 12.4. The van der Waals surface area contributed by atoms with Crippen LogP contribution in [0.2, 0.25) is 0 Å². The molecule has 0 saturated carbocycles. The minimum absolute atomic E-state index is 0.185. The van der Waals surface area contributed by atoms with Crippen molar-refractivity contribution in [3.8, 4) is 22.3 Å². The largest absolute Gasteiger partial charge is 0.456 e. The Morgan fingerprint density at radius 2 is 1.11 bits per heavy atom. The van der Waals surface area contributed by atoms with Gasteiger partial charge in [0.2, 0.25) is 0 Å². The minimum Gasteiger partial charge on any atom is -0.456 e. The van der Waals surface area contributed by atoms with Crippen LogP contribution in [-0.2, 0) is 0 Å². The third kappa shape index (κ3) is 5.53. The van der Waals surface area contributed by atoms with E-state index < -0.39 is 0 Å². The molecule has 2 N–H and O–H groups in total. The van der Waals surface area contributed by atoms with Gasteiger partial charge in [-0.2, -0.15) is 0 Å². The molecule has 0 bridgehead atoms. The molecule has 9 aromatic carbocycles. The number of thiophene rings is 1. The molecule has 288 valence electrons. The van der Waals surface area contributed by atoms with E-state index >= 15 is 0 Å². The first-order chi connectivity index (χ1) is 30.2. The molecule has 2 unspecified atom stereocenters. The van der Waals surface area contributed by atoms with Crippen LogP contribution in [0.5, 0.6) is 0 Å². The summed E-state index contributed by atoms with van der Waals surface area (Å²) in [5.41, 5.74) is 11.2. The highest BCUT2D eigenvalue weighted by Gasteiger charge is 2.28. The number of hydrogen-bond donors (Lipinski definition) is 2. The second-order valence-electron chi connectivity index (χ2n) is 15.9. The van der Waals surface area contributed by atoms with Crippen molar-refractivity contribution in [3.63, 3.8) is 0 Å². The number of para-hydroxylation sites is 2. The molecule has 6 heteroatoms. The maximum atomic E-state index is 6.60. The average Bonchev–Trinajstić information content (AvgIpc) is 4.02. The highest BCUT2D eigenvalue weighted by molar-refractivity contribution is 7.26. The lowest BCUT2D eigenvalue weighted by Crippen LogP contribution is -2.45. The van der Waals surface area contributed by atoms with Gasteiger partial charge in [0.15, 0.2) is 0 Å². The fourth-order valence-corrected chi connectivity index (χ4v) is 10.7. The van der Waals surface area contributed by atoms with Gasteiger partial charge in [0.25, 0.3) is 0 Å². The van der Waals surface area contributed by atoms with Gasteiger partial charge in [-0.25, -0.2) is 4.99 Å². The summed E-state index contributed by atoms with van der Waals surface area (Å²) in [4.78, 5) is 5.39. The van der Waals surface area contributed by atoms with Crippen LogP contribution in [-0.4, -0.2) is 5.84 Å². The first kappa shape index (κ1) is 34.4. The van der Waals surface area contributed by atoms with Crippen LogP contribution in [0.1, 0.15) is 29.0 Å². The van der Waals surface area contributed by atoms with E-state index in [4.69, 9.17) is 13.8 Å². The van der Waals surface area contributed by atoms with Crippen molar-refractivity contribution in [2.75, 3.05) is 0 Å². The Hall–Kier alpha value is -7.51. The summed E-state index contributed by atoms with van der Waals surface area (Å²) in [7, 11) is 0. The van der Waals surface area contributed by atoms with E-state index in [1.165, 1.54) is 36.5 Å². The van der Waals surface area contributed by atoms with Crippen LogP contribution in [0.15, 0.2) is 202 Å². The van der Waals surface area contributed by atoms with Gasteiger partial charge in [0, 0.05) is 52.8 Å². The van der Waals surface area contributed by atoms with Crippen molar-refractivity contribution >= 4 is 92.0 Å². The van der Waals surface area contributed by atoms with Gasteiger partial charge in [0.1, 0.15) is 40.5 Å². The molecule has 61 heavy (non-hydrogen) atoms. The van der Waals surface area contributed by atoms with Crippen LogP contribution < -0.4 is 10.6 Å². The molecular weight excluding hydrogens is 767 g/mol. The summed E-state index contributed by atoms with van der Waals surface area (Å²) in [6.45, 7) is 0. The van der Waals surface area contributed by atoms with E-state index in [1.54, 1.807) is 0 Å². The first-order valence-corrected chi connectivity index (χ1v) is 21.5. The number of rotatable bonds is 5. The Kier molecular flexibility index (Phi) is 7.61. The smallest absolute Gasteiger partial charge is 0.136 e. The molecule has 0 radical (unpaired) electrons. The van der Waals surface area contributed by atoms with E-state index in [0.717, 1.165) is 83.1 Å². The summed E-state index contributed by atoms with van der Waals surface area (Å²) in [5, 5.41) is 17.1. The Morgan fingerprint density at radius 3 is 1.95 bits per heavy atom. The van der Waals surface area contributed by atoms with Crippen molar-refractivity contribution in [2.24, 2.45) is 4.99 Å². The summed E-state index contributed by atoms with van der Waals surface area (Å²) >= 11 is 1.85. The van der Waals surface area contributed by atoms with Crippen LogP contribution in [0.3, 0.4) is 0 Å². The zero-order valence-corrected chi connectivity index (χ0v) is 33.5. The van der Waals surface area contributed by atoms with E-state index in [0.29, 0.717) is 0 Å². The summed E-state index contributed by atoms with van der Waals surface area (Å²) in [5.74, 6) is 0.845. The number of nitrogens with zero attached hydrogens (tertiary/aromatic N) is 1. The highest BCUT2D eigenvalue weighted by Crippen LogP contribution is 2.44. The predicted octanol–water partition coefficient (Wildman–Crippen LogP) is 14.7. The van der Waals surface area contributed by atoms with Gasteiger partial charge in [0.05, 0.1) is 0 Å². The van der Waals surface area contributed by atoms with E-state index in [9.17, 15) is 0 Å². The fourth-order valence-electron chi connectivity index (χ4n) is 9.47. The number of aliphatic imine (C=N–C) groups is 1. The molecule has 1 aliphatic rings. The quantitative estimate of drug-likeness (QED) is 0.182. The Bertz CT molecular complexity index is 3740. The molecule has 3 aromatic heterocycles. The minimum atomic E-state index is -0.273. The SMILES string of the molecule is c1ccc2cc(C3N=C(c4ccc(-c5cc(-c6cccc7oc8ccccc8c67)cc6oc7ccccc7c56)cc4)NC(c4cccc5c4sc4ccccc45)N3)ccc2c1. The summed E-state index contributed by atoms with van der Waals surface area (Å²) < 4.78 is 15.5. The number of nitrogens with one attached hydrogen (secondary N) is 2. The van der Waals surface area contributed by atoms with Gasteiger partial charge in [-0.05, 0) is 81.1 Å². The van der Waals surface area contributed by atoms with E-state index in [-0.39, 0.29) is 12.3 Å². The Balaban J connectivity index is 0.949. The van der Waals surface area contributed by atoms with Crippen LogP contribution in [0.25, 0.3) is 97.1 Å². The molecule has 0 amide bonds. The summed E-state index contributed by atoms with van der Waals surface area (Å²) in [6, 6.07) is 66.8. The van der Waals surface area contributed by atoms with Crippen molar-refractivity contribution in [1.29, 1.82) is 0 Å². The lowest BCUT2D eigenvalue weighted by molar-refractivity contribution is 0.411. The Morgan fingerprint density at radius 1 is 0.459 bits per heavy atom. The molecule has 4 heterocycles. The maximum absolute atomic E-state index is 6.60. The molecular formula is C55H35N3O2S. The zero-order valence-electron chi connectivity index (χ0n) is 32.7. The molecule has 5 nitrogen and oxygen atoms in total. The number of fused-ring (bicyclic) bond motifs is 10.